The number of para-hydroxylation sites is 2. The highest BCUT2D eigenvalue weighted by molar-refractivity contribution is 8.16. The minimum Gasteiger partial charge on any atom is -0.273 e. The van der Waals surface area contributed by atoms with E-state index in [1.54, 1.807) is 54.6 Å². The summed E-state index contributed by atoms with van der Waals surface area (Å²) < 4.78 is 0. The number of amides is 1. The Balaban J connectivity index is 1.61. The fourth-order valence-electron chi connectivity index (χ4n) is 3.37. The average Bonchev–Trinajstić information content (AvgIpc) is 3.14. The summed E-state index contributed by atoms with van der Waals surface area (Å²) in [6, 6.07) is 21.1. The molecular formula is C23H17N5O5S. The van der Waals surface area contributed by atoms with Gasteiger partial charge in [0.25, 0.3) is 11.4 Å². The van der Waals surface area contributed by atoms with Gasteiger partial charge in [-0.1, -0.05) is 48.2 Å². The standard InChI is InChI=1S/C23H17N5O5S/c29-22-21(14-17-6-4-5-9-20(17)28(32)33)34-23(26(22)18-7-2-1-3-8-18)25-24-15-16-10-12-19(13-11-16)27(30)31/h1-13,15,21H,14H2/b24-15-,25-23-/t21-/m0/s1. The summed E-state index contributed by atoms with van der Waals surface area (Å²) in [4.78, 5) is 35.9. The number of nitrogens with zero attached hydrogens (tertiary/aromatic N) is 5. The van der Waals surface area contributed by atoms with E-state index < -0.39 is 15.1 Å². The van der Waals surface area contributed by atoms with Gasteiger partial charge in [0.2, 0.25) is 5.91 Å². The number of nitro groups is 2. The molecule has 1 aliphatic rings. The molecule has 1 fully saturated rings. The Morgan fingerprint density at radius 3 is 2.26 bits per heavy atom. The summed E-state index contributed by atoms with van der Waals surface area (Å²) in [6.45, 7) is 0. The molecule has 1 heterocycles. The molecule has 1 saturated heterocycles. The first-order valence-electron chi connectivity index (χ1n) is 10.1. The Labute approximate surface area is 197 Å². The number of hydrogen-bond acceptors (Lipinski definition) is 8. The third-order valence-corrected chi connectivity index (χ3v) is 6.12. The summed E-state index contributed by atoms with van der Waals surface area (Å²) in [5.74, 6) is -0.251. The second-order valence-corrected chi connectivity index (χ2v) is 8.35. The summed E-state index contributed by atoms with van der Waals surface area (Å²) >= 11 is 1.18. The number of carbonyl (C=O) groups is 1. The van der Waals surface area contributed by atoms with Crippen LogP contribution in [0.4, 0.5) is 17.1 Å². The molecule has 0 unspecified atom stereocenters. The van der Waals surface area contributed by atoms with Crippen molar-refractivity contribution < 1.29 is 14.6 Å². The fourth-order valence-corrected chi connectivity index (χ4v) is 4.49. The van der Waals surface area contributed by atoms with Crippen LogP contribution in [-0.4, -0.2) is 32.4 Å². The van der Waals surface area contributed by atoms with Gasteiger partial charge in [-0.3, -0.25) is 29.9 Å². The van der Waals surface area contributed by atoms with E-state index in [1.165, 1.54) is 41.1 Å². The van der Waals surface area contributed by atoms with Crippen LogP contribution >= 0.6 is 11.8 Å². The zero-order valence-corrected chi connectivity index (χ0v) is 18.4. The van der Waals surface area contributed by atoms with E-state index in [-0.39, 0.29) is 23.7 Å². The first-order chi connectivity index (χ1) is 16.4. The maximum atomic E-state index is 13.3. The Kier molecular flexibility index (Phi) is 6.74. The minimum absolute atomic E-state index is 0.0338. The largest absolute Gasteiger partial charge is 0.273 e. The molecule has 0 saturated carbocycles. The molecule has 0 aliphatic carbocycles. The van der Waals surface area contributed by atoms with E-state index in [9.17, 15) is 25.0 Å². The summed E-state index contributed by atoms with van der Waals surface area (Å²) in [6.07, 6.45) is 1.59. The lowest BCUT2D eigenvalue weighted by Crippen LogP contribution is -2.32. The van der Waals surface area contributed by atoms with Crippen LogP contribution in [0.5, 0.6) is 0 Å². The molecule has 3 aromatic rings. The van der Waals surface area contributed by atoms with Crippen LogP contribution < -0.4 is 4.90 Å². The van der Waals surface area contributed by atoms with Crippen molar-refractivity contribution in [2.75, 3.05) is 4.90 Å². The van der Waals surface area contributed by atoms with Crippen molar-refractivity contribution in [3.05, 3.63) is 110 Å². The van der Waals surface area contributed by atoms with E-state index in [1.807, 2.05) is 6.07 Å². The molecule has 0 spiro atoms. The van der Waals surface area contributed by atoms with Crippen molar-refractivity contribution in [1.29, 1.82) is 0 Å². The minimum atomic E-state index is -0.616. The van der Waals surface area contributed by atoms with E-state index >= 15 is 0 Å². The average molecular weight is 475 g/mol. The Morgan fingerprint density at radius 2 is 1.59 bits per heavy atom. The number of anilines is 1. The van der Waals surface area contributed by atoms with Gasteiger partial charge in [0.05, 0.1) is 27.0 Å². The highest BCUT2D eigenvalue weighted by atomic mass is 32.2. The molecule has 34 heavy (non-hydrogen) atoms. The summed E-state index contributed by atoms with van der Waals surface area (Å²) in [5, 5.41) is 30.2. The lowest BCUT2D eigenvalue weighted by Gasteiger charge is -2.15. The number of carbonyl (C=O) groups excluding carboxylic acids is 1. The van der Waals surface area contributed by atoms with E-state index in [0.29, 0.717) is 22.0 Å². The second kappa shape index (κ2) is 10.0. The van der Waals surface area contributed by atoms with Gasteiger partial charge in [0.1, 0.15) is 0 Å². The van der Waals surface area contributed by atoms with Crippen molar-refractivity contribution in [2.45, 2.75) is 11.7 Å². The molecule has 0 radical (unpaired) electrons. The van der Waals surface area contributed by atoms with E-state index in [2.05, 4.69) is 10.2 Å². The molecule has 170 valence electrons. The van der Waals surface area contributed by atoms with Gasteiger partial charge in [0, 0.05) is 30.2 Å². The molecule has 0 aromatic heterocycles. The van der Waals surface area contributed by atoms with Gasteiger partial charge < -0.3 is 0 Å². The summed E-state index contributed by atoms with van der Waals surface area (Å²) in [5.41, 5.74) is 1.60. The van der Waals surface area contributed by atoms with Crippen LogP contribution in [0.2, 0.25) is 0 Å². The molecular weight excluding hydrogens is 458 g/mol. The van der Waals surface area contributed by atoms with Gasteiger partial charge in [-0.15, -0.1) is 5.10 Å². The molecule has 11 heteroatoms. The third kappa shape index (κ3) is 4.99. The molecule has 1 amide bonds. The highest BCUT2D eigenvalue weighted by Crippen LogP contribution is 2.35. The Morgan fingerprint density at radius 1 is 0.912 bits per heavy atom. The first-order valence-corrected chi connectivity index (χ1v) is 11.0. The first kappa shape index (κ1) is 22.8. The summed E-state index contributed by atoms with van der Waals surface area (Å²) in [7, 11) is 0. The third-order valence-electron chi connectivity index (χ3n) is 5.00. The number of benzene rings is 3. The van der Waals surface area contributed by atoms with Crippen LogP contribution in [0.3, 0.4) is 0 Å². The SMILES string of the molecule is O=C1[C@H](Cc2ccccc2[N+](=O)[O-])S/C(=N\N=C/c2ccc([N+](=O)[O-])cc2)N1c1ccccc1. The number of nitro benzene ring substituents is 2. The monoisotopic (exact) mass is 475 g/mol. The highest BCUT2D eigenvalue weighted by Gasteiger charge is 2.40. The smallest absolute Gasteiger partial charge is 0.272 e. The van der Waals surface area contributed by atoms with Crippen molar-refractivity contribution in [1.82, 2.24) is 0 Å². The fraction of sp³-hybridized carbons (Fsp3) is 0.0870. The number of rotatable bonds is 7. The maximum Gasteiger partial charge on any atom is 0.272 e. The van der Waals surface area contributed by atoms with Gasteiger partial charge in [-0.2, -0.15) is 5.10 Å². The van der Waals surface area contributed by atoms with Crippen LogP contribution in [-0.2, 0) is 11.2 Å². The maximum absolute atomic E-state index is 13.3. The lowest BCUT2D eigenvalue weighted by molar-refractivity contribution is -0.385. The van der Waals surface area contributed by atoms with Crippen LogP contribution in [0.25, 0.3) is 0 Å². The van der Waals surface area contributed by atoms with Gasteiger partial charge in [-0.25, -0.2) is 0 Å². The van der Waals surface area contributed by atoms with Gasteiger partial charge in [0.15, 0.2) is 5.17 Å². The Hall–Kier alpha value is -4.38. The van der Waals surface area contributed by atoms with Crippen LogP contribution in [0, 0.1) is 20.2 Å². The van der Waals surface area contributed by atoms with Crippen molar-refractivity contribution in [3.63, 3.8) is 0 Å². The number of amidine groups is 1. The van der Waals surface area contributed by atoms with Crippen molar-refractivity contribution in [3.8, 4) is 0 Å². The quantitative estimate of drug-likeness (QED) is 0.279. The normalized spacial score (nSPS) is 16.9. The van der Waals surface area contributed by atoms with Crippen LogP contribution in [0.1, 0.15) is 11.1 Å². The van der Waals surface area contributed by atoms with Gasteiger partial charge in [-0.05, 0) is 29.8 Å². The predicted molar refractivity (Wildman–Crippen MR) is 130 cm³/mol. The molecule has 1 atom stereocenters. The zero-order valence-electron chi connectivity index (χ0n) is 17.6. The molecule has 3 aromatic carbocycles. The Bertz CT molecular complexity index is 1290. The molecule has 0 bridgehead atoms. The van der Waals surface area contributed by atoms with Gasteiger partial charge >= 0.3 is 0 Å². The predicted octanol–water partition coefficient (Wildman–Crippen LogP) is 4.58. The molecule has 4 rings (SSSR count). The second-order valence-electron chi connectivity index (χ2n) is 7.18. The van der Waals surface area contributed by atoms with E-state index in [4.69, 9.17) is 0 Å². The number of hydrogen-bond donors (Lipinski definition) is 0. The van der Waals surface area contributed by atoms with E-state index in [0.717, 1.165) is 0 Å². The zero-order chi connectivity index (χ0) is 24.1. The molecule has 1 aliphatic heterocycles. The topological polar surface area (TPSA) is 131 Å². The van der Waals surface area contributed by atoms with Crippen LogP contribution in [0.15, 0.2) is 89.1 Å². The molecule has 0 N–H and O–H groups in total. The van der Waals surface area contributed by atoms with Crippen molar-refractivity contribution >= 4 is 46.1 Å². The van der Waals surface area contributed by atoms with Crippen molar-refractivity contribution in [2.24, 2.45) is 10.2 Å². The number of thioether (sulfide) groups is 1. The lowest BCUT2D eigenvalue weighted by atomic mass is 10.1. The number of non-ortho nitro benzene ring substituents is 1. The molecule has 10 nitrogen and oxygen atoms in total.